The summed E-state index contributed by atoms with van der Waals surface area (Å²) in [6, 6.07) is 5.68. The van der Waals surface area contributed by atoms with Gasteiger partial charge in [0.1, 0.15) is 0 Å². The van der Waals surface area contributed by atoms with Crippen molar-refractivity contribution in [1.29, 1.82) is 0 Å². The van der Waals surface area contributed by atoms with Crippen molar-refractivity contribution >= 4 is 0 Å². The lowest BCUT2D eigenvalue weighted by Crippen LogP contribution is -2.31. The van der Waals surface area contributed by atoms with E-state index in [9.17, 15) is 5.11 Å². The van der Waals surface area contributed by atoms with E-state index in [1.165, 1.54) is 25.7 Å². The fraction of sp³-hybridized carbons (Fsp3) is 0.600. The maximum atomic E-state index is 10.0. The molecule has 2 rings (SSSR count). The minimum absolute atomic E-state index is 0.310. The number of allylic oxidation sites excluding steroid dienone is 1. The zero-order valence-electron chi connectivity index (χ0n) is 15.4. The Hall–Kier alpha value is -1.56. The van der Waals surface area contributed by atoms with Crippen molar-refractivity contribution in [2.45, 2.75) is 44.8 Å². The molecule has 0 saturated carbocycles. The molecule has 1 aromatic rings. The standard InChI is InChI=1S/C20H31NO4/c1-23-19-9-8-17(12-20(19)24-2)14-25-15-18(22)13-21-11-10-16-6-4-3-5-7-16/h6,8-9,12,18,21-22H,3-5,7,10-11,13-15H2,1-2H3/t18-/m0/s1. The Morgan fingerprint density at radius 3 is 2.72 bits per heavy atom. The van der Waals surface area contributed by atoms with Crippen LogP contribution in [0.2, 0.25) is 0 Å². The van der Waals surface area contributed by atoms with Crippen molar-refractivity contribution in [1.82, 2.24) is 5.32 Å². The van der Waals surface area contributed by atoms with Gasteiger partial charge in [-0.05, 0) is 56.3 Å². The highest BCUT2D eigenvalue weighted by Crippen LogP contribution is 2.27. The van der Waals surface area contributed by atoms with Crippen molar-refractivity contribution in [3.05, 3.63) is 35.4 Å². The SMILES string of the molecule is COc1ccc(COC[C@@H](O)CNCCC2=CCCCC2)cc1OC. The average Bonchev–Trinajstić information content (AvgIpc) is 2.66. The summed E-state index contributed by atoms with van der Waals surface area (Å²) >= 11 is 0. The molecule has 0 aromatic heterocycles. The van der Waals surface area contributed by atoms with Gasteiger partial charge in [0.25, 0.3) is 0 Å². The van der Waals surface area contributed by atoms with Gasteiger partial charge in [-0.1, -0.05) is 17.7 Å². The third-order valence-corrected chi connectivity index (χ3v) is 4.41. The summed E-state index contributed by atoms with van der Waals surface area (Å²) in [6.45, 7) is 2.21. The van der Waals surface area contributed by atoms with Crippen LogP contribution in [0.15, 0.2) is 29.8 Å². The van der Waals surface area contributed by atoms with E-state index in [0.29, 0.717) is 31.3 Å². The van der Waals surface area contributed by atoms with Gasteiger partial charge in [-0.2, -0.15) is 0 Å². The molecule has 25 heavy (non-hydrogen) atoms. The molecule has 0 saturated heterocycles. The van der Waals surface area contributed by atoms with Crippen LogP contribution in [-0.4, -0.2) is 45.1 Å². The van der Waals surface area contributed by atoms with E-state index in [4.69, 9.17) is 14.2 Å². The normalized spacial score (nSPS) is 15.6. The van der Waals surface area contributed by atoms with Crippen LogP contribution < -0.4 is 14.8 Å². The summed E-state index contributed by atoms with van der Waals surface area (Å²) in [5, 5.41) is 13.3. The van der Waals surface area contributed by atoms with Gasteiger partial charge in [-0.15, -0.1) is 0 Å². The zero-order chi connectivity index (χ0) is 17.9. The van der Waals surface area contributed by atoms with E-state index in [2.05, 4.69) is 11.4 Å². The van der Waals surface area contributed by atoms with Gasteiger partial charge in [-0.25, -0.2) is 0 Å². The predicted octanol–water partition coefficient (Wildman–Crippen LogP) is 3.06. The number of methoxy groups -OCH3 is 2. The number of benzene rings is 1. The van der Waals surface area contributed by atoms with Crippen LogP contribution in [0, 0.1) is 0 Å². The quantitative estimate of drug-likeness (QED) is 0.475. The maximum absolute atomic E-state index is 10.0. The lowest BCUT2D eigenvalue weighted by Gasteiger charge is -2.15. The second-order valence-electron chi connectivity index (χ2n) is 6.42. The van der Waals surface area contributed by atoms with Crippen molar-refractivity contribution in [3.63, 3.8) is 0 Å². The molecule has 1 aliphatic carbocycles. The molecule has 0 spiro atoms. The van der Waals surface area contributed by atoms with E-state index in [0.717, 1.165) is 18.5 Å². The molecule has 1 atom stereocenters. The molecule has 1 aromatic carbocycles. The Morgan fingerprint density at radius 1 is 1.16 bits per heavy atom. The van der Waals surface area contributed by atoms with Crippen molar-refractivity contribution in [2.24, 2.45) is 0 Å². The molecule has 0 unspecified atom stereocenters. The summed E-state index contributed by atoms with van der Waals surface area (Å²) in [5.74, 6) is 1.38. The summed E-state index contributed by atoms with van der Waals surface area (Å²) in [6.07, 6.45) is 8.06. The number of aliphatic hydroxyl groups excluding tert-OH is 1. The molecular formula is C20H31NO4. The molecule has 1 aliphatic rings. The van der Waals surface area contributed by atoms with Crippen LogP contribution in [0.1, 0.15) is 37.7 Å². The van der Waals surface area contributed by atoms with E-state index in [-0.39, 0.29) is 0 Å². The molecule has 5 heteroatoms. The van der Waals surface area contributed by atoms with Crippen molar-refractivity contribution in [2.75, 3.05) is 33.9 Å². The Labute approximate surface area is 151 Å². The number of ether oxygens (including phenoxy) is 3. The summed E-state index contributed by atoms with van der Waals surface area (Å²) in [4.78, 5) is 0. The van der Waals surface area contributed by atoms with Crippen LogP contribution in [0.3, 0.4) is 0 Å². The predicted molar refractivity (Wildman–Crippen MR) is 99.2 cm³/mol. The van der Waals surface area contributed by atoms with E-state index in [1.807, 2.05) is 18.2 Å². The number of nitrogens with one attached hydrogen (secondary N) is 1. The molecule has 0 bridgehead atoms. The second kappa shape index (κ2) is 11.1. The van der Waals surface area contributed by atoms with Gasteiger partial charge >= 0.3 is 0 Å². The fourth-order valence-corrected chi connectivity index (χ4v) is 2.99. The van der Waals surface area contributed by atoms with Crippen molar-refractivity contribution in [3.8, 4) is 11.5 Å². The van der Waals surface area contributed by atoms with E-state index < -0.39 is 6.10 Å². The second-order valence-corrected chi connectivity index (χ2v) is 6.42. The topological polar surface area (TPSA) is 60.0 Å². The molecule has 0 fully saturated rings. The number of hydrogen-bond acceptors (Lipinski definition) is 5. The smallest absolute Gasteiger partial charge is 0.161 e. The largest absolute Gasteiger partial charge is 0.493 e. The van der Waals surface area contributed by atoms with Gasteiger partial charge < -0.3 is 24.6 Å². The first kappa shape index (κ1) is 19.8. The van der Waals surface area contributed by atoms with Crippen LogP contribution in [0.5, 0.6) is 11.5 Å². The molecule has 2 N–H and O–H groups in total. The molecule has 5 nitrogen and oxygen atoms in total. The first-order valence-electron chi connectivity index (χ1n) is 9.08. The van der Waals surface area contributed by atoms with Crippen LogP contribution >= 0.6 is 0 Å². The Kier molecular flexibility index (Phi) is 8.80. The first-order valence-corrected chi connectivity index (χ1v) is 9.08. The highest BCUT2D eigenvalue weighted by Gasteiger charge is 2.08. The van der Waals surface area contributed by atoms with Crippen molar-refractivity contribution < 1.29 is 19.3 Å². The first-order chi connectivity index (χ1) is 12.2. The molecular weight excluding hydrogens is 318 g/mol. The molecule has 0 aliphatic heterocycles. The summed E-state index contributed by atoms with van der Waals surface area (Å²) in [5.41, 5.74) is 2.54. The molecule has 140 valence electrons. The fourth-order valence-electron chi connectivity index (χ4n) is 2.99. The molecule has 0 heterocycles. The zero-order valence-corrected chi connectivity index (χ0v) is 15.4. The van der Waals surface area contributed by atoms with Crippen LogP contribution in [-0.2, 0) is 11.3 Å². The highest BCUT2D eigenvalue weighted by molar-refractivity contribution is 5.42. The van der Waals surface area contributed by atoms with Gasteiger partial charge in [0, 0.05) is 6.54 Å². The van der Waals surface area contributed by atoms with Gasteiger partial charge in [0.05, 0.1) is 33.5 Å². The molecule has 0 amide bonds. The van der Waals surface area contributed by atoms with Gasteiger partial charge in [0.2, 0.25) is 0 Å². The number of aliphatic hydroxyl groups is 1. The molecule has 0 radical (unpaired) electrons. The Bertz CT molecular complexity index is 544. The Balaban J connectivity index is 1.60. The minimum Gasteiger partial charge on any atom is -0.493 e. The summed E-state index contributed by atoms with van der Waals surface area (Å²) < 4.78 is 16.1. The monoisotopic (exact) mass is 349 g/mol. The third kappa shape index (κ3) is 7.06. The van der Waals surface area contributed by atoms with E-state index >= 15 is 0 Å². The van der Waals surface area contributed by atoms with E-state index in [1.54, 1.807) is 19.8 Å². The summed E-state index contributed by atoms with van der Waals surface area (Å²) in [7, 11) is 3.23. The number of hydrogen-bond donors (Lipinski definition) is 2. The minimum atomic E-state index is -0.500. The van der Waals surface area contributed by atoms with Gasteiger partial charge in [0.15, 0.2) is 11.5 Å². The average molecular weight is 349 g/mol. The lowest BCUT2D eigenvalue weighted by atomic mass is 9.97. The highest BCUT2D eigenvalue weighted by atomic mass is 16.5. The third-order valence-electron chi connectivity index (χ3n) is 4.41. The maximum Gasteiger partial charge on any atom is 0.161 e. The van der Waals surface area contributed by atoms with Gasteiger partial charge in [-0.3, -0.25) is 0 Å². The Morgan fingerprint density at radius 2 is 2.00 bits per heavy atom. The number of rotatable bonds is 11. The van der Waals surface area contributed by atoms with Crippen LogP contribution in [0.25, 0.3) is 0 Å². The lowest BCUT2D eigenvalue weighted by molar-refractivity contribution is 0.0289. The van der Waals surface area contributed by atoms with Crippen LogP contribution in [0.4, 0.5) is 0 Å².